The van der Waals surface area contributed by atoms with Gasteiger partial charge in [-0.3, -0.25) is 4.79 Å². The van der Waals surface area contributed by atoms with Gasteiger partial charge in [0.25, 0.3) is 5.91 Å². The Morgan fingerprint density at radius 2 is 2.14 bits per heavy atom. The molecule has 114 valence electrons. The molecular weight excluding hydrogens is 294 g/mol. The Morgan fingerprint density at radius 3 is 2.81 bits per heavy atom. The van der Waals surface area contributed by atoms with Crippen LogP contribution in [-0.2, 0) is 4.74 Å². The Balaban J connectivity index is 1.76. The highest BCUT2D eigenvalue weighted by molar-refractivity contribution is 6.33. The lowest BCUT2D eigenvalue weighted by Gasteiger charge is -2.38. The minimum Gasteiger partial charge on any atom is -0.378 e. The number of methoxy groups -OCH3 is 1. The van der Waals surface area contributed by atoms with E-state index in [0.29, 0.717) is 24.1 Å². The molecule has 0 radical (unpaired) electrons. The number of likely N-dealkylation sites (tertiary alicyclic amines) is 1. The smallest absolute Gasteiger partial charge is 0.274 e. The van der Waals surface area contributed by atoms with E-state index in [1.165, 1.54) is 6.20 Å². The fourth-order valence-electron chi connectivity index (χ4n) is 2.43. The average Bonchev–Trinajstić information content (AvgIpc) is 2.47. The second-order valence-corrected chi connectivity index (χ2v) is 5.58. The lowest BCUT2D eigenvalue weighted by Crippen LogP contribution is -2.54. The standard InChI is InChI=1S/C13H18ClN5O2/c1-21-9-7-19(8-9)12(20)11-10(14)6-16-13(17-11)18-4-2-15-3-5-18/h6,9,15H,2-5,7-8H2,1H3. The van der Waals surface area contributed by atoms with Crippen molar-refractivity contribution in [3.05, 3.63) is 16.9 Å². The molecule has 0 saturated carbocycles. The van der Waals surface area contributed by atoms with Crippen molar-refractivity contribution in [3.63, 3.8) is 0 Å². The highest BCUT2D eigenvalue weighted by Gasteiger charge is 2.33. The van der Waals surface area contributed by atoms with E-state index in [-0.39, 0.29) is 17.7 Å². The van der Waals surface area contributed by atoms with Crippen molar-refractivity contribution in [2.75, 3.05) is 51.3 Å². The normalized spacial score (nSPS) is 19.5. The van der Waals surface area contributed by atoms with Gasteiger partial charge in [-0.25, -0.2) is 9.97 Å². The van der Waals surface area contributed by atoms with Crippen molar-refractivity contribution in [2.24, 2.45) is 0 Å². The molecule has 0 bridgehead atoms. The molecule has 21 heavy (non-hydrogen) atoms. The van der Waals surface area contributed by atoms with Gasteiger partial charge in [0.2, 0.25) is 5.95 Å². The lowest BCUT2D eigenvalue weighted by molar-refractivity contribution is -0.0194. The van der Waals surface area contributed by atoms with Gasteiger partial charge >= 0.3 is 0 Å². The van der Waals surface area contributed by atoms with Crippen molar-refractivity contribution in [3.8, 4) is 0 Å². The molecule has 2 aliphatic heterocycles. The predicted octanol–water partition coefficient (Wildman–Crippen LogP) is 0.0104. The van der Waals surface area contributed by atoms with Crippen LogP contribution in [0.3, 0.4) is 0 Å². The molecule has 3 rings (SSSR count). The Morgan fingerprint density at radius 1 is 1.43 bits per heavy atom. The first-order valence-electron chi connectivity index (χ1n) is 6.99. The van der Waals surface area contributed by atoms with Crippen LogP contribution in [0.4, 0.5) is 5.95 Å². The number of hydrogen-bond acceptors (Lipinski definition) is 6. The van der Waals surface area contributed by atoms with Crippen LogP contribution in [0.15, 0.2) is 6.20 Å². The number of anilines is 1. The molecule has 0 aliphatic carbocycles. The molecule has 2 fully saturated rings. The number of ether oxygens (including phenoxy) is 1. The van der Waals surface area contributed by atoms with Crippen LogP contribution in [0.1, 0.15) is 10.5 Å². The third kappa shape index (κ3) is 2.95. The van der Waals surface area contributed by atoms with Crippen molar-refractivity contribution in [1.82, 2.24) is 20.2 Å². The summed E-state index contributed by atoms with van der Waals surface area (Å²) in [5.41, 5.74) is 0.273. The Labute approximate surface area is 128 Å². The van der Waals surface area contributed by atoms with Gasteiger partial charge in [-0.1, -0.05) is 11.6 Å². The first-order valence-corrected chi connectivity index (χ1v) is 7.37. The monoisotopic (exact) mass is 311 g/mol. The molecule has 1 N–H and O–H groups in total. The third-order valence-electron chi connectivity index (χ3n) is 3.80. The number of aromatic nitrogens is 2. The van der Waals surface area contributed by atoms with Crippen LogP contribution in [0.2, 0.25) is 5.02 Å². The van der Waals surface area contributed by atoms with E-state index in [2.05, 4.69) is 20.2 Å². The maximum absolute atomic E-state index is 12.4. The van der Waals surface area contributed by atoms with Gasteiger partial charge in [0.1, 0.15) is 0 Å². The van der Waals surface area contributed by atoms with Gasteiger partial charge in [0, 0.05) is 46.4 Å². The minimum atomic E-state index is -0.160. The molecule has 8 heteroatoms. The average molecular weight is 312 g/mol. The number of carbonyl (C=O) groups is 1. The zero-order valence-corrected chi connectivity index (χ0v) is 12.6. The van der Waals surface area contributed by atoms with Gasteiger partial charge < -0.3 is 19.9 Å². The fraction of sp³-hybridized carbons (Fsp3) is 0.615. The topological polar surface area (TPSA) is 70.6 Å². The lowest BCUT2D eigenvalue weighted by atomic mass is 10.1. The van der Waals surface area contributed by atoms with E-state index in [9.17, 15) is 4.79 Å². The van der Waals surface area contributed by atoms with Crippen LogP contribution in [-0.4, -0.2) is 73.3 Å². The molecule has 1 aromatic rings. The summed E-state index contributed by atoms with van der Waals surface area (Å²) in [5, 5.41) is 3.56. The van der Waals surface area contributed by atoms with Gasteiger partial charge in [-0.15, -0.1) is 0 Å². The molecule has 0 spiro atoms. The van der Waals surface area contributed by atoms with Crippen molar-refractivity contribution < 1.29 is 9.53 Å². The molecule has 3 heterocycles. The second-order valence-electron chi connectivity index (χ2n) is 5.17. The number of rotatable bonds is 3. The molecule has 0 aromatic carbocycles. The van der Waals surface area contributed by atoms with Gasteiger partial charge in [-0.05, 0) is 0 Å². The van der Waals surface area contributed by atoms with E-state index in [1.54, 1.807) is 12.0 Å². The van der Waals surface area contributed by atoms with Crippen LogP contribution < -0.4 is 10.2 Å². The number of nitrogens with zero attached hydrogens (tertiary/aromatic N) is 4. The zero-order chi connectivity index (χ0) is 14.8. The second kappa shape index (κ2) is 6.13. The van der Waals surface area contributed by atoms with Crippen LogP contribution in [0, 0.1) is 0 Å². The maximum Gasteiger partial charge on any atom is 0.274 e. The van der Waals surface area contributed by atoms with Crippen LogP contribution >= 0.6 is 11.6 Å². The quantitative estimate of drug-likeness (QED) is 0.848. The van der Waals surface area contributed by atoms with Crippen molar-refractivity contribution in [1.29, 1.82) is 0 Å². The Bertz CT molecular complexity index is 529. The summed E-state index contributed by atoms with van der Waals surface area (Å²) in [6.45, 7) is 4.58. The van der Waals surface area contributed by atoms with Crippen LogP contribution in [0.5, 0.6) is 0 Å². The summed E-state index contributed by atoms with van der Waals surface area (Å²) < 4.78 is 5.18. The first kappa shape index (κ1) is 14.5. The maximum atomic E-state index is 12.4. The molecular formula is C13H18ClN5O2. The third-order valence-corrected chi connectivity index (χ3v) is 4.08. The molecule has 2 aliphatic rings. The van der Waals surface area contributed by atoms with Crippen LogP contribution in [0.25, 0.3) is 0 Å². The highest BCUT2D eigenvalue weighted by Crippen LogP contribution is 2.21. The predicted molar refractivity (Wildman–Crippen MR) is 78.8 cm³/mol. The van der Waals surface area contributed by atoms with Gasteiger partial charge in [-0.2, -0.15) is 0 Å². The summed E-state index contributed by atoms with van der Waals surface area (Å²) in [6.07, 6.45) is 1.62. The van der Waals surface area contributed by atoms with E-state index < -0.39 is 0 Å². The SMILES string of the molecule is COC1CN(C(=O)c2nc(N3CCNCC3)ncc2Cl)C1. The Hall–Kier alpha value is -1.44. The molecule has 1 amide bonds. The van der Waals surface area contributed by atoms with E-state index in [0.717, 1.165) is 26.2 Å². The number of hydrogen-bond donors (Lipinski definition) is 1. The minimum absolute atomic E-state index is 0.113. The largest absolute Gasteiger partial charge is 0.378 e. The molecule has 1 aromatic heterocycles. The molecule has 2 saturated heterocycles. The number of nitrogens with one attached hydrogen (secondary N) is 1. The molecule has 0 atom stereocenters. The zero-order valence-electron chi connectivity index (χ0n) is 11.9. The van der Waals surface area contributed by atoms with E-state index >= 15 is 0 Å². The summed E-state index contributed by atoms with van der Waals surface area (Å²) in [6, 6.07) is 0. The summed E-state index contributed by atoms with van der Waals surface area (Å²) >= 11 is 6.09. The van der Waals surface area contributed by atoms with Crippen molar-refractivity contribution in [2.45, 2.75) is 6.10 Å². The number of piperazine rings is 1. The van der Waals surface area contributed by atoms with Gasteiger partial charge in [0.15, 0.2) is 5.69 Å². The Kier molecular flexibility index (Phi) is 4.23. The summed E-state index contributed by atoms with van der Waals surface area (Å²) in [5.74, 6) is 0.403. The first-order chi connectivity index (χ1) is 10.2. The number of carbonyl (C=O) groups excluding carboxylic acids is 1. The van der Waals surface area contributed by atoms with E-state index in [4.69, 9.17) is 16.3 Å². The van der Waals surface area contributed by atoms with Crippen molar-refractivity contribution >= 4 is 23.5 Å². The highest BCUT2D eigenvalue weighted by atomic mass is 35.5. The molecule has 0 unspecified atom stereocenters. The van der Waals surface area contributed by atoms with E-state index in [1.807, 2.05) is 0 Å². The number of amides is 1. The fourth-order valence-corrected chi connectivity index (χ4v) is 2.60. The summed E-state index contributed by atoms with van der Waals surface area (Å²) in [7, 11) is 1.65. The van der Waals surface area contributed by atoms with Gasteiger partial charge in [0.05, 0.1) is 17.3 Å². The molecule has 7 nitrogen and oxygen atoms in total. The summed E-state index contributed by atoms with van der Waals surface area (Å²) in [4.78, 5) is 24.8. The number of halogens is 1.